The number of hydrogen-bond acceptors (Lipinski definition) is 4. The van der Waals surface area contributed by atoms with Crippen LogP contribution >= 0.6 is 0 Å². The van der Waals surface area contributed by atoms with E-state index in [0.717, 1.165) is 37.3 Å². The highest BCUT2D eigenvalue weighted by molar-refractivity contribution is 5.88. The molecule has 2 unspecified atom stereocenters. The van der Waals surface area contributed by atoms with Crippen molar-refractivity contribution in [3.63, 3.8) is 0 Å². The molecule has 156 valence electrons. The van der Waals surface area contributed by atoms with Gasteiger partial charge >= 0.3 is 0 Å². The predicted molar refractivity (Wildman–Crippen MR) is 112 cm³/mol. The number of furan rings is 1. The van der Waals surface area contributed by atoms with Crippen LogP contribution in [0.25, 0.3) is 0 Å². The summed E-state index contributed by atoms with van der Waals surface area (Å²) in [4.78, 5) is 27.7. The van der Waals surface area contributed by atoms with Crippen molar-refractivity contribution in [3.05, 3.63) is 60.1 Å². The lowest BCUT2D eigenvalue weighted by Crippen LogP contribution is -2.51. The maximum atomic E-state index is 12.9. The van der Waals surface area contributed by atoms with E-state index in [9.17, 15) is 9.59 Å². The monoisotopic (exact) mass is 397 g/mol. The Balaban J connectivity index is 1.58. The number of carbonyl (C=O) groups excluding carboxylic acids is 2. The first-order valence-corrected chi connectivity index (χ1v) is 10.4. The van der Waals surface area contributed by atoms with Gasteiger partial charge in [0.25, 0.3) is 0 Å². The minimum absolute atomic E-state index is 0.0106. The lowest BCUT2D eigenvalue weighted by atomic mass is 10.0. The van der Waals surface area contributed by atoms with Crippen molar-refractivity contribution < 1.29 is 14.0 Å². The van der Waals surface area contributed by atoms with Crippen LogP contribution in [0.1, 0.15) is 44.1 Å². The van der Waals surface area contributed by atoms with Crippen LogP contribution in [0, 0.1) is 5.92 Å². The Morgan fingerprint density at radius 1 is 1.07 bits per heavy atom. The molecule has 6 nitrogen and oxygen atoms in total. The molecule has 1 fully saturated rings. The van der Waals surface area contributed by atoms with Gasteiger partial charge in [-0.15, -0.1) is 0 Å². The number of rotatable bonds is 9. The molecule has 0 radical (unpaired) electrons. The molecule has 6 heteroatoms. The SMILES string of the molecule is CC(C)C(NC(=O)Cc1ccccc1)C(=O)NCC(c1ccco1)N1CCCC1. The van der Waals surface area contributed by atoms with E-state index >= 15 is 0 Å². The molecule has 2 N–H and O–H groups in total. The molecule has 2 atom stereocenters. The second-order valence-electron chi connectivity index (χ2n) is 7.97. The maximum absolute atomic E-state index is 12.9. The van der Waals surface area contributed by atoms with Crippen LogP contribution < -0.4 is 10.6 Å². The molecule has 0 bridgehead atoms. The summed E-state index contributed by atoms with van der Waals surface area (Å²) >= 11 is 0. The van der Waals surface area contributed by atoms with Crippen LogP contribution in [0.2, 0.25) is 0 Å². The van der Waals surface area contributed by atoms with Gasteiger partial charge in [0.05, 0.1) is 18.7 Å². The van der Waals surface area contributed by atoms with Crippen molar-refractivity contribution >= 4 is 11.8 Å². The minimum Gasteiger partial charge on any atom is -0.468 e. The summed E-state index contributed by atoms with van der Waals surface area (Å²) in [5, 5.41) is 5.95. The number of carbonyl (C=O) groups is 2. The van der Waals surface area contributed by atoms with Crippen LogP contribution in [0.5, 0.6) is 0 Å². The van der Waals surface area contributed by atoms with E-state index in [1.807, 2.05) is 56.3 Å². The van der Waals surface area contributed by atoms with E-state index < -0.39 is 6.04 Å². The number of nitrogens with one attached hydrogen (secondary N) is 2. The fourth-order valence-corrected chi connectivity index (χ4v) is 3.79. The number of nitrogens with zero attached hydrogens (tertiary/aromatic N) is 1. The average molecular weight is 398 g/mol. The third kappa shape index (κ3) is 5.94. The standard InChI is InChI=1S/C23H31N3O3/c1-17(2)22(25-21(27)15-18-9-4-3-5-10-18)23(28)24-16-19(20-11-8-14-29-20)26-12-6-7-13-26/h3-5,8-11,14,17,19,22H,6-7,12-13,15-16H2,1-2H3,(H,24,28)(H,25,27). The Hall–Kier alpha value is -2.60. The Labute approximate surface area is 172 Å². The van der Waals surface area contributed by atoms with Crippen molar-refractivity contribution in [3.8, 4) is 0 Å². The highest BCUT2D eigenvalue weighted by Crippen LogP contribution is 2.25. The largest absolute Gasteiger partial charge is 0.468 e. The molecule has 3 rings (SSSR count). The molecule has 29 heavy (non-hydrogen) atoms. The van der Waals surface area contributed by atoms with E-state index in [0.29, 0.717) is 6.54 Å². The van der Waals surface area contributed by atoms with Crippen LogP contribution in [0.15, 0.2) is 53.1 Å². The quantitative estimate of drug-likeness (QED) is 0.682. The molecule has 1 aliphatic rings. The molecule has 1 saturated heterocycles. The molecule has 0 spiro atoms. The Morgan fingerprint density at radius 2 is 1.79 bits per heavy atom. The van der Waals surface area contributed by atoms with E-state index in [4.69, 9.17) is 4.42 Å². The van der Waals surface area contributed by atoms with Gasteiger partial charge in [0.1, 0.15) is 11.8 Å². The topological polar surface area (TPSA) is 74.6 Å². The molecule has 1 aliphatic heterocycles. The van der Waals surface area contributed by atoms with Gasteiger partial charge in [-0.05, 0) is 49.5 Å². The van der Waals surface area contributed by atoms with Crippen LogP contribution in [-0.4, -0.2) is 42.4 Å². The first kappa shape index (κ1) is 21.1. The second kappa shape index (κ2) is 10.3. The third-order valence-electron chi connectivity index (χ3n) is 5.40. The lowest BCUT2D eigenvalue weighted by Gasteiger charge is -2.28. The summed E-state index contributed by atoms with van der Waals surface area (Å²) in [5.74, 6) is 0.550. The molecular weight excluding hydrogens is 366 g/mol. The predicted octanol–water partition coefficient (Wildman–Crippen LogP) is 2.92. The highest BCUT2D eigenvalue weighted by Gasteiger charge is 2.29. The Morgan fingerprint density at radius 3 is 2.41 bits per heavy atom. The van der Waals surface area contributed by atoms with Crippen LogP contribution in [0.4, 0.5) is 0 Å². The average Bonchev–Trinajstić information content (AvgIpc) is 3.41. The van der Waals surface area contributed by atoms with Crippen molar-refractivity contribution in [1.82, 2.24) is 15.5 Å². The second-order valence-corrected chi connectivity index (χ2v) is 7.97. The molecular formula is C23H31N3O3. The van der Waals surface area contributed by atoms with Crippen molar-refractivity contribution in [1.29, 1.82) is 0 Å². The van der Waals surface area contributed by atoms with Gasteiger partial charge in [-0.25, -0.2) is 0 Å². The minimum atomic E-state index is -0.568. The smallest absolute Gasteiger partial charge is 0.242 e. The first-order valence-electron chi connectivity index (χ1n) is 10.4. The molecule has 1 aromatic carbocycles. The highest BCUT2D eigenvalue weighted by atomic mass is 16.3. The fourth-order valence-electron chi connectivity index (χ4n) is 3.79. The summed E-state index contributed by atoms with van der Waals surface area (Å²) in [6, 6.07) is 12.8. The number of benzene rings is 1. The van der Waals surface area contributed by atoms with E-state index in [2.05, 4.69) is 15.5 Å². The van der Waals surface area contributed by atoms with E-state index in [1.54, 1.807) is 6.26 Å². The summed E-state index contributed by atoms with van der Waals surface area (Å²) in [6.07, 6.45) is 4.26. The van der Waals surface area contributed by atoms with Gasteiger partial charge < -0.3 is 15.1 Å². The number of amides is 2. The number of likely N-dealkylation sites (tertiary alicyclic amines) is 1. The van der Waals surface area contributed by atoms with E-state index in [-0.39, 0.29) is 30.2 Å². The molecule has 0 saturated carbocycles. The summed E-state index contributed by atoms with van der Waals surface area (Å²) in [7, 11) is 0. The van der Waals surface area contributed by atoms with Gasteiger partial charge in [0.2, 0.25) is 11.8 Å². The number of hydrogen-bond donors (Lipinski definition) is 2. The van der Waals surface area contributed by atoms with Crippen molar-refractivity contribution in [2.45, 2.75) is 45.2 Å². The zero-order valence-electron chi connectivity index (χ0n) is 17.3. The van der Waals surface area contributed by atoms with Crippen LogP contribution in [0.3, 0.4) is 0 Å². The zero-order chi connectivity index (χ0) is 20.6. The molecule has 0 aliphatic carbocycles. The zero-order valence-corrected chi connectivity index (χ0v) is 17.3. The summed E-state index contributed by atoms with van der Waals surface area (Å²) < 4.78 is 5.62. The summed E-state index contributed by atoms with van der Waals surface area (Å²) in [5.41, 5.74) is 0.930. The van der Waals surface area contributed by atoms with Gasteiger partial charge in [0.15, 0.2) is 0 Å². The lowest BCUT2D eigenvalue weighted by molar-refractivity contribution is -0.130. The van der Waals surface area contributed by atoms with Gasteiger partial charge in [-0.1, -0.05) is 44.2 Å². The van der Waals surface area contributed by atoms with Gasteiger partial charge in [0, 0.05) is 6.54 Å². The first-order chi connectivity index (χ1) is 14.0. The van der Waals surface area contributed by atoms with Crippen LogP contribution in [-0.2, 0) is 16.0 Å². The molecule has 2 amide bonds. The maximum Gasteiger partial charge on any atom is 0.242 e. The molecule has 2 heterocycles. The Bertz CT molecular complexity index is 768. The van der Waals surface area contributed by atoms with Crippen molar-refractivity contribution in [2.75, 3.05) is 19.6 Å². The Kier molecular flexibility index (Phi) is 7.47. The molecule has 1 aromatic heterocycles. The fraction of sp³-hybridized carbons (Fsp3) is 0.478. The van der Waals surface area contributed by atoms with Gasteiger partial charge in [-0.3, -0.25) is 14.5 Å². The van der Waals surface area contributed by atoms with Gasteiger partial charge in [-0.2, -0.15) is 0 Å². The van der Waals surface area contributed by atoms with Crippen molar-refractivity contribution in [2.24, 2.45) is 5.92 Å². The third-order valence-corrected chi connectivity index (χ3v) is 5.40. The summed E-state index contributed by atoms with van der Waals surface area (Å²) in [6.45, 7) is 6.35. The molecule has 2 aromatic rings. The normalized spacial score (nSPS) is 16.5. The van der Waals surface area contributed by atoms with E-state index in [1.165, 1.54) is 0 Å².